The molecule has 1 heterocycles. The second-order valence-electron chi connectivity index (χ2n) is 3.48. The predicted octanol–water partition coefficient (Wildman–Crippen LogP) is 3.08. The van der Waals surface area contributed by atoms with Gasteiger partial charge in [-0.15, -0.1) is 0 Å². The maximum atomic E-state index is 13.5. The van der Waals surface area contributed by atoms with Gasteiger partial charge in [0.15, 0.2) is 0 Å². The molecule has 15 heavy (non-hydrogen) atoms. The topological polar surface area (TPSA) is 33.0 Å². The van der Waals surface area contributed by atoms with Crippen LogP contribution in [0.2, 0.25) is 5.02 Å². The van der Waals surface area contributed by atoms with Gasteiger partial charge in [-0.1, -0.05) is 17.7 Å². The molecule has 78 valence electrons. The Hall–Kier alpha value is -1.11. The molecule has 0 bridgehead atoms. The summed E-state index contributed by atoms with van der Waals surface area (Å²) in [5, 5.41) is 9.21. The van der Waals surface area contributed by atoms with Crippen LogP contribution in [-0.4, -0.2) is 6.61 Å². The Kier molecular flexibility index (Phi) is 2.90. The highest BCUT2D eigenvalue weighted by Gasteiger charge is 2.31. The first-order valence-corrected chi connectivity index (χ1v) is 5.06. The van der Waals surface area contributed by atoms with Crippen LogP contribution in [0.3, 0.4) is 0 Å². The first-order valence-electron chi connectivity index (χ1n) is 4.68. The SMILES string of the molecule is N#CC1CCOC1c1ccc(Cl)cc1F. The number of nitrogens with zero attached hydrogens (tertiary/aromatic N) is 1. The third-order valence-electron chi connectivity index (χ3n) is 2.53. The van der Waals surface area contributed by atoms with Crippen LogP contribution in [0.4, 0.5) is 4.39 Å². The maximum absolute atomic E-state index is 13.5. The minimum atomic E-state index is -0.452. The lowest BCUT2D eigenvalue weighted by Gasteiger charge is -2.13. The van der Waals surface area contributed by atoms with Crippen molar-refractivity contribution in [1.29, 1.82) is 5.26 Å². The van der Waals surface area contributed by atoms with Gasteiger partial charge in [-0.3, -0.25) is 0 Å². The molecule has 2 unspecified atom stereocenters. The lowest BCUT2D eigenvalue weighted by molar-refractivity contribution is 0.0977. The molecule has 0 radical (unpaired) electrons. The van der Waals surface area contributed by atoms with Crippen molar-refractivity contribution in [2.45, 2.75) is 12.5 Å². The highest BCUT2D eigenvalue weighted by Crippen LogP contribution is 2.35. The molecular weight excluding hydrogens is 217 g/mol. The monoisotopic (exact) mass is 225 g/mol. The molecule has 0 aromatic heterocycles. The number of nitriles is 1. The van der Waals surface area contributed by atoms with E-state index in [0.29, 0.717) is 23.6 Å². The fourth-order valence-electron chi connectivity index (χ4n) is 1.76. The third kappa shape index (κ3) is 1.97. The van der Waals surface area contributed by atoms with Crippen LogP contribution in [0.5, 0.6) is 0 Å². The van der Waals surface area contributed by atoms with Crippen molar-refractivity contribution in [3.05, 3.63) is 34.6 Å². The molecule has 1 aromatic rings. The zero-order valence-electron chi connectivity index (χ0n) is 7.91. The third-order valence-corrected chi connectivity index (χ3v) is 2.76. The number of hydrogen-bond donors (Lipinski definition) is 0. The van der Waals surface area contributed by atoms with Crippen molar-refractivity contribution in [3.63, 3.8) is 0 Å². The molecule has 1 aromatic carbocycles. The fourth-order valence-corrected chi connectivity index (χ4v) is 1.92. The van der Waals surface area contributed by atoms with Crippen LogP contribution in [-0.2, 0) is 4.74 Å². The predicted molar refractivity (Wildman–Crippen MR) is 53.8 cm³/mol. The van der Waals surface area contributed by atoms with Crippen molar-refractivity contribution in [1.82, 2.24) is 0 Å². The highest BCUT2D eigenvalue weighted by atomic mass is 35.5. The Morgan fingerprint density at radius 1 is 1.53 bits per heavy atom. The van der Waals surface area contributed by atoms with Gasteiger partial charge in [-0.25, -0.2) is 4.39 Å². The van der Waals surface area contributed by atoms with E-state index in [1.807, 2.05) is 0 Å². The van der Waals surface area contributed by atoms with Gasteiger partial charge in [-0.2, -0.15) is 5.26 Å². The molecule has 2 rings (SSSR count). The van der Waals surface area contributed by atoms with E-state index < -0.39 is 11.9 Å². The Labute approximate surface area is 92.2 Å². The summed E-state index contributed by atoms with van der Waals surface area (Å²) in [6.45, 7) is 0.505. The number of benzene rings is 1. The van der Waals surface area contributed by atoms with E-state index >= 15 is 0 Å². The van der Waals surface area contributed by atoms with Crippen molar-refractivity contribution in [3.8, 4) is 6.07 Å². The molecule has 0 aliphatic carbocycles. The Morgan fingerprint density at radius 3 is 3.00 bits per heavy atom. The summed E-state index contributed by atoms with van der Waals surface area (Å²) in [5.41, 5.74) is 0.420. The van der Waals surface area contributed by atoms with Crippen LogP contribution in [0.15, 0.2) is 18.2 Å². The first kappa shape index (κ1) is 10.4. The summed E-state index contributed by atoms with van der Waals surface area (Å²) in [5.74, 6) is -0.671. The zero-order chi connectivity index (χ0) is 10.8. The number of halogens is 2. The van der Waals surface area contributed by atoms with Gasteiger partial charge in [0.1, 0.15) is 11.9 Å². The molecule has 0 spiro atoms. The van der Waals surface area contributed by atoms with E-state index in [1.165, 1.54) is 6.07 Å². The molecule has 1 saturated heterocycles. The molecule has 0 saturated carbocycles. The van der Waals surface area contributed by atoms with Gasteiger partial charge in [0.05, 0.1) is 12.0 Å². The van der Waals surface area contributed by atoms with E-state index in [4.69, 9.17) is 21.6 Å². The van der Waals surface area contributed by atoms with E-state index in [1.54, 1.807) is 12.1 Å². The second-order valence-corrected chi connectivity index (χ2v) is 3.92. The number of rotatable bonds is 1. The Balaban J connectivity index is 2.33. The summed E-state index contributed by atoms with van der Waals surface area (Å²) in [4.78, 5) is 0. The summed E-state index contributed by atoms with van der Waals surface area (Å²) in [7, 11) is 0. The molecule has 2 atom stereocenters. The summed E-state index contributed by atoms with van der Waals surface area (Å²) in [6, 6.07) is 6.56. The summed E-state index contributed by atoms with van der Waals surface area (Å²) < 4.78 is 18.9. The van der Waals surface area contributed by atoms with Crippen LogP contribution < -0.4 is 0 Å². The number of hydrogen-bond acceptors (Lipinski definition) is 2. The highest BCUT2D eigenvalue weighted by molar-refractivity contribution is 6.30. The minimum Gasteiger partial charge on any atom is -0.372 e. The van der Waals surface area contributed by atoms with Gasteiger partial charge in [0.25, 0.3) is 0 Å². The van der Waals surface area contributed by atoms with Crippen molar-refractivity contribution >= 4 is 11.6 Å². The molecule has 0 N–H and O–H groups in total. The van der Waals surface area contributed by atoms with Crippen molar-refractivity contribution in [2.75, 3.05) is 6.61 Å². The lowest BCUT2D eigenvalue weighted by atomic mass is 9.96. The van der Waals surface area contributed by atoms with Gasteiger partial charge < -0.3 is 4.74 Å². The molecule has 1 aliphatic rings. The molecule has 4 heteroatoms. The Bertz CT molecular complexity index is 416. The summed E-state index contributed by atoms with van der Waals surface area (Å²) in [6.07, 6.45) is 0.204. The van der Waals surface area contributed by atoms with Gasteiger partial charge in [0.2, 0.25) is 0 Å². The van der Waals surface area contributed by atoms with Crippen LogP contribution in [0.1, 0.15) is 18.1 Å². The minimum absolute atomic E-state index is 0.263. The molecule has 0 amide bonds. The van der Waals surface area contributed by atoms with E-state index in [9.17, 15) is 4.39 Å². The quantitative estimate of drug-likeness (QED) is 0.736. The number of ether oxygens (including phenoxy) is 1. The Morgan fingerprint density at radius 2 is 2.33 bits per heavy atom. The van der Waals surface area contributed by atoms with Crippen LogP contribution >= 0.6 is 11.6 Å². The molecule has 1 aliphatic heterocycles. The van der Waals surface area contributed by atoms with E-state index in [0.717, 1.165) is 0 Å². The van der Waals surface area contributed by atoms with Gasteiger partial charge in [-0.05, 0) is 18.6 Å². The average molecular weight is 226 g/mol. The maximum Gasteiger partial charge on any atom is 0.130 e. The van der Waals surface area contributed by atoms with Crippen LogP contribution in [0.25, 0.3) is 0 Å². The fraction of sp³-hybridized carbons (Fsp3) is 0.364. The van der Waals surface area contributed by atoms with Gasteiger partial charge in [0, 0.05) is 17.2 Å². The second kappa shape index (κ2) is 4.18. The zero-order valence-corrected chi connectivity index (χ0v) is 8.67. The largest absolute Gasteiger partial charge is 0.372 e. The standard InChI is InChI=1S/C11H9ClFNO/c12-8-1-2-9(10(13)5-8)11-7(6-14)3-4-15-11/h1-2,5,7,11H,3-4H2. The van der Waals surface area contributed by atoms with Crippen molar-refractivity contribution in [2.24, 2.45) is 5.92 Å². The van der Waals surface area contributed by atoms with Crippen molar-refractivity contribution < 1.29 is 9.13 Å². The molecule has 2 nitrogen and oxygen atoms in total. The average Bonchev–Trinajstić information content (AvgIpc) is 2.65. The first-order chi connectivity index (χ1) is 7.22. The van der Waals surface area contributed by atoms with Crippen LogP contribution in [0, 0.1) is 23.1 Å². The summed E-state index contributed by atoms with van der Waals surface area (Å²) >= 11 is 5.65. The molecule has 1 fully saturated rings. The smallest absolute Gasteiger partial charge is 0.130 e. The molecular formula is C11H9ClFNO. The van der Waals surface area contributed by atoms with E-state index in [-0.39, 0.29) is 5.92 Å². The lowest BCUT2D eigenvalue weighted by Crippen LogP contribution is -2.07. The van der Waals surface area contributed by atoms with Gasteiger partial charge >= 0.3 is 0 Å². The normalized spacial score (nSPS) is 25.1. The van der Waals surface area contributed by atoms with E-state index in [2.05, 4.69) is 6.07 Å².